The van der Waals surface area contributed by atoms with E-state index in [0.29, 0.717) is 11.4 Å². The predicted molar refractivity (Wildman–Crippen MR) is 91.7 cm³/mol. The maximum absolute atomic E-state index is 5.84. The van der Waals surface area contributed by atoms with Crippen LogP contribution in [0, 0.1) is 6.92 Å². The van der Waals surface area contributed by atoms with Crippen molar-refractivity contribution in [3.8, 4) is 0 Å². The minimum atomic E-state index is 0.551. The molecule has 4 rings (SSSR count). The Kier molecular flexibility index (Phi) is 3.24. The lowest BCUT2D eigenvalue weighted by Crippen LogP contribution is -1.94. The molecule has 0 bridgehead atoms. The Morgan fingerprint density at radius 2 is 2.00 bits per heavy atom. The number of hydrogen-bond donors (Lipinski definition) is 1. The molecule has 0 aliphatic carbocycles. The van der Waals surface area contributed by atoms with E-state index in [9.17, 15) is 0 Å². The van der Waals surface area contributed by atoms with Gasteiger partial charge in [0.05, 0.1) is 6.21 Å². The molecule has 0 fully saturated rings. The van der Waals surface area contributed by atoms with Crippen LogP contribution in [0.25, 0.3) is 22.1 Å². The third-order valence-corrected chi connectivity index (χ3v) is 3.58. The van der Waals surface area contributed by atoms with Gasteiger partial charge in [-0.25, -0.2) is 9.97 Å². The second-order valence-electron chi connectivity index (χ2n) is 5.28. The van der Waals surface area contributed by atoms with E-state index in [2.05, 4.69) is 26.6 Å². The Hall–Kier alpha value is -3.21. The van der Waals surface area contributed by atoms with Crippen molar-refractivity contribution in [2.75, 3.05) is 5.43 Å². The Bertz CT molecular complexity index is 1020. The van der Waals surface area contributed by atoms with Crippen LogP contribution in [-0.4, -0.2) is 16.2 Å². The number of para-hydroxylation sites is 1. The SMILES string of the molecule is Cc1cccc(/C=N\Nc2ncnc3c2oc2ccccc23)c1. The van der Waals surface area contributed by atoms with Gasteiger partial charge in [-0.15, -0.1) is 0 Å². The Morgan fingerprint density at radius 1 is 1.09 bits per heavy atom. The van der Waals surface area contributed by atoms with E-state index >= 15 is 0 Å². The van der Waals surface area contributed by atoms with Gasteiger partial charge in [-0.05, 0) is 24.6 Å². The number of rotatable bonds is 3. The van der Waals surface area contributed by atoms with Crippen LogP contribution >= 0.6 is 0 Å². The van der Waals surface area contributed by atoms with Crippen LogP contribution in [-0.2, 0) is 0 Å². The number of aryl methyl sites for hydroxylation is 1. The minimum Gasteiger partial charge on any atom is -0.450 e. The number of aromatic nitrogens is 2. The zero-order valence-electron chi connectivity index (χ0n) is 12.5. The highest BCUT2D eigenvalue weighted by atomic mass is 16.3. The molecule has 0 saturated heterocycles. The van der Waals surface area contributed by atoms with Crippen molar-refractivity contribution in [1.29, 1.82) is 0 Å². The van der Waals surface area contributed by atoms with Crippen molar-refractivity contribution in [1.82, 2.24) is 9.97 Å². The van der Waals surface area contributed by atoms with Gasteiger partial charge in [0.2, 0.25) is 0 Å². The van der Waals surface area contributed by atoms with Gasteiger partial charge >= 0.3 is 0 Å². The predicted octanol–water partition coefficient (Wildman–Crippen LogP) is 4.13. The Balaban J connectivity index is 1.69. The molecular formula is C18H14N4O. The van der Waals surface area contributed by atoms with Crippen LogP contribution < -0.4 is 5.43 Å². The highest BCUT2D eigenvalue weighted by molar-refractivity contribution is 6.05. The van der Waals surface area contributed by atoms with E-state index < -0.39 is 0 Å². The van der Waals surface area contributed by atoms with Crippen molar-refractivity contribution >= 4 is 34.1 Å². The molecule has 2 heterocycles. The fourth-order valence-corrected chi connectivity index (χ4v) is 2.52. The molecule has 5 nitrogen and oxygen atoms in total. The summed E-state index contributed by atoms with van der Waals surface area (Å²) in [6, 6.07) is 15.9. The molecule has 1 N–H and O–H groups in total. The molecule has 112 valence electrons. The van der Waals surface area contributed by atoms with E-state index in [1.54, 1.807) is 6.21 Å². The summed E-state index contributed by atoms with van der Waals surface area (Å²) in [5.74, 6) is 0.551. The fourth-order valence-electron chi connectivity index (χ4n) is 2.52. The zero-order valence-corrected chi connectivity index (χ0v) is 12.5. The second-order valence-corrected chi connectivity index (χ2v) is 5.28. The number of hydrogen-bond acceptors (Lipinski definition) is 5. The molecular weight excluding hydrogens is 288 g/mol. The molecule has 2 aromatic carbocycles. The topological polar surface area (TPSA) is 63.3 Å². The van der Waals surface area contributed by atoms with Crippen molar-refractivity contribution in [2.24, 2.45) is 5.10 Å². The van der Waals surface area contributed by atoms with Crippen molar-refractivity contribution in [3.05, 3.63) is 66.0 Å². The number of hydrazone groups is 1. The first-order valence-electron chi connectivity index (χ1n) is 7.29. The molecule has 23 heavy (non-hydrogen) atoms. The molecule has 0 saturated carbocycles. The monoisotopic (exact) mass is 302 g/mol. The number of furan rings is 1. The Morgan fingerprint density at radius 3 is 2.91 bits per heavy atom. The van der Waals surface area contributed by atoms with E-state index in [1.807, 2.05) is 49.4 Å². The summed E-state index contributed by atoms with van der Waals surface area (Å²) in [7, 11) is 0. The molecule has 0 atom stereocenters. The highest BCUT2D eigenvalue weighted by Gasteiger charge is 2.11. The smallest absolute Gasteiger partial charge is 0.197 e. The molecule has 0 amide bonds. The first kappa shape index (κ1) is 13.5. The van der Waals surface area contributed by atoms with Crippen molar-refractivity contribution < 1.29 is 4.42 Å². The summed E-state index contributed by atoms with van der Waals surface area (Å²) in [4.78, 5) is 8.53. The lowest BCUT2D eigenvalue weighted by molar-refractivity contribution is 0.667. The van der Waals surface area contributed by atoms with Gasteiger partial charge in [-0.2, -0.15) is 5.10 Å². The number of nitrogens with zero attached hydrogens (tertiary/aromatic N) is 3. The summed E-state index contributed by atoms with van der Waals surface area (Å²) in [5, 5.41) is 5.22. The lowest BCUT2D eigenvalue weighted by Gasteiger charge is -1.99. The molecule has 0 unspecified atom stereocenters. The van der Waals surface area contributed by atoms with E-state index in [1.165, 1.54) is 11.9 Å². The van der Waals surface area contributed by atoms with Gasteiger partial charge < -0.3 is 4.42 Å². The number of anilines is 1. The van der Waals surface area contributed by atoms with Crippen LogP contribution in [0.15, 0.2) is 64.4 Å². The summed E-state index contributed by atoms with van der Waals surface area (Å²) >= 11 is 0. The number of nitrogens with one attached hydrogen (secondary N) is 1. The highest BCUT2D eigenvalue weighted by Crippen LogP contribution is 2.30. The van der Waals surface area contributed by atoms with Crippen molar-refractivity contribution in [3.63, 3.8) is 0 Å². The van der Waals surface area contributed by atoms with Crippen LogP contribution in [0.2, 0.25) is 0 Å². The van der Waals surface area contributed by atoms with Crippen molar-refractivity contribution in [2.45, 2.75) is 6.92 Å². The minimum absolute atomic E-state index is 0.551. The van der Waals surface area contributed by atoms with Crippen LogP contribution in [0.1, 0.15) is 11.1 Å². The summed E-state index contributed by atoms with van der Waals surface area (Å²) in [5.41, 5.74) is 7.33. The third-order valence-electron chi connectivity index (χ3n) is 3.58. The maximum Gasteiger partial charge on any atom is 0.197 e. The van der Waals surface area contributed by atoms with Crippen LogP contribution in [0.3, 0.4) is 0 Å². The molecule has 4 aromatic rings. The normalized spacial score (nSPS) is 11.5. The summed E-state index contributed by atoms with van der Waals surface area (Å²) < 4.78 is 5.84. The van der Waals surface area contributed by atoms with Gasteiger partial charge in [0.1, 0.15) is 17.4 Å². The largest absolute Gasteiger partial charge is 0.450 e. The summed E-state index contributed by atoms with van der Waals surface area (Å²) in [6.45, 7) is 2.05. The first-order valence-corrected chi connectivity index (χ1v) is 7.29. The van der Waals surface area contributed by atoms with Crippen LogP contribution in [0.4, 0.5) is 5.82 Å². The molecule has 0 aliphatic heterocycles. The number of fused-ring (bicyclic) bond motifs is 3. The van der Waals surface area contributed by atoms with E-state index in [-0.39, 0.29) is 0 Å². The average Bonchev–Trinajstić information content (AvgIpc) is 2.95. The number of benzene rings is 2. The Labute approximate surface area is 132 Å². The third kappa shape index (κ3) is 2.53. The quantitative estimate of drug-likeness (QED) is 0.456. The van der Waals surface area contributed by atoms with Gasteiger partial charge in [0.15, 0.2) is 11.4 Å². The average molecular weight is 302 g/mol. The van der Waals surface area contributed by atoms with Gasteiger partial charge in [0, 0.05) is 5.39 Å². The fraction of sp³-hybridized carbons (Fsp3) is 0.0556. The first-order chi connectivity index (χ1) is 11.3. The standard InChI is InChI=1S/C18H14N4O/c1-12-5-4-6-13(9-12)10-21-22-18-17-16(19-11-20-18)14-7-2-3-8-15(14)23-17/h2-11H,1H3,(H,19,20,22)/b21-10-. The van der Waals surface area contributed by atoms with E-state index in [0.717, 1.165) is 22.0 Å². The lowest BCUT2D eigenvalue weighted by atomic mass is 10.2. The van der Waals surface area contributed by atoms with Gasteiger partial charge in [-0.3, -0.25) is 5.43 Å². The molecule has 2 aromatic heterocycles. The zero-order chi connectivity index (χ0) is 15.6. The van der Waals surface area contributed by atoms with E-state index in [4.69, 9.17) is 4.42 Å². The second kappa shape index (κ2) is 5.53. The molecule has 5 heteroatoms. The van der Waals surface area contributed by atoms with Crippen LogP contribution in [0.5, 0.6) is 0 Å². The maximum atomic E-state index is 5.84. The van der Waals surface area contributed by atoms with Gasteiger partial charge in [0.25, 0.3) is 0 Å². The van der Waals surface area contributed by atoms with Gasteiger partial charge in [-0.1, -0.05) is 42.0 Å². The summed E-state index contributed by atoms with van der Waals surface area (Å²) in [6.07, 6.45) is 3.26. The molecule has 0 aliphatic rings. The molecule has 0 spiro atoms. The molecule has 0 radical (unpaired) electrons.